The molecular formula is C21H28N4O4S. The molecule has 1 aliphatic heterocycles. The fourth-order valence-electron chi connectivity index (χ4n) is 4.08. The summed E-state index contributed by atoms with van der Waals surface area (Å²) >= 11 is 1.52. The number of hydrogen-bond donors (Lipinski definition) is 2. The Morgan fingerprint density at radius 3 is 2.70 bits per heavy atom. The van der Waals surface area contributed by atoms with E-state index in [2.05, 4.69) is 15.3 Å². The van der Waals surface area contributed by atoms with E-state index in [0.717, 1.165) is 37.7 Å². The molecule has 8 nitrogen and oxygen atoms in total. The lowest BCUT2D eigenvalue weighted by molar-refractivity contribution is 0.0183. The molecule has 4 rings (SSSR count). The number of nitrogens with zero attached hydrogens (tertiary/aromatic N) is 2. The van der Waals surface area contributed by atoms with Crippen LogP contribution in [0.4, 0.5) is 4.79 Å². The Hall–Kier alpha value is -2.42. The SMILES string of the molecule is CC(C)(C)OC(=O)N1CCC(CNC(=O)c2nc3sc4c(c3c(=O)[nH]2)CCC4)CC1. The summed E-state index contributed by atoms with van der Waals surface area (Å²) in [5, 5.41) is 3.54. The molecule has 1 fully saturated rings. The second kappa shape index (κ2) is 8.02. The van der Waals surface area contributed by atoms with Crippen molar-refractivity contribution in [3.8, 4) is 0 Å². The molecule has 0 atom stereocenters. The van der Waals surface area contributed by atoms with Crippen molar-refractivity contribution in [3.05, 3.63) is 26.6 Å². The van der Waals surface area contributed by atoms with Crippen LogP contribution in [0.1, 0.15) is 61.1 Å². The number of H-pyrrole nitrogens is 1. The monoisotopic (exact) mass is 432 g/mol. The molecule has 0 saturated carbocycles. The van der Waals surface area contributed by atoms with E-state index in [4.69, 9.17) is 4.74 Å². The highest BCUT2D eigenvalue weighted by atomic mass is 32.1. The summed E-state index contributed by atoms with van der Waals surface area (Å²) in [5.74, 6) is -0.0237. The summed E-state index contributed by atoms with van der Waals surface area (Å²) in [4.78, 5) is 47.9. The Balaban J connectivity index is 1.32. The number of ether oxygens (including phenoxy) is 1. The molecule has 2 N–H and O–H groups in total. The highest BCUT2D eigenvalue weighted by Gasteiger charge is 2.27. The Morgan fingerprint density at radius 2 is 2.00 bits per heavy atom. The normalized spacial score (nSPS) is 17.2. The average Bonchev–Trinajstić information content (AvgIpc) is 3.25. The fraction of sp³-hybridized carbons (Fsp3) is 0.619. The van der Waals surface area contributed by atoms with Gasteiger partial charge in [-0.1, -0.05) is 0 Å². The lowest BCUT2D eigenvalue weighted by atomic mass is 9.97. The van der Waals surface area contributed by atoms with Gasteiger partial charge in [0.15, 0.2) is 0 Å². The van der Waals surface area contributed by atoms with E-state index in [1.54, 1.807) is 4.90 Å². The number of amides is 2. The Morgan fingerprint density at radius 1 is 1.27 bits per heavy atom. The van der Waals surface area contributed by atoms with E-state index < -0.39 is 5.60 Å². The number of rotatable bonds is 3. The number of aryl methyl sites for hydroxylation is 2. The maximum absolute atomic E-state index is 12.6. The van der Waals surface area contributed by atoms with E-state index in [0.29, 0.717) is 29.9 Å². The van der Waals surface area contributed by atoms with E-state index in [1.165, 1.54) is 16.2 Å². The van der Waals surface area contributed by atoms with Gasteiger partial charge in [-0.05, 0) is 64.4 Å². The second-order valence-electron chi connectivity index (χ2n) is 9.07. The van der Waals surface area contributed by atoms with Crippen molar-refractivity contribution in [1.82, 2.24) is 20.2 Å². The Labute approximate surface area is 179 Å². The highest BCUT2D eigenvalue weighted by molar-refractivity contribution is 7.18. The first kappa shape index (κ1) is 20.8. The number of thiophene rings is 1. The molecule has 2 amide bonds. The van der Waals surface area contributed by atoms with Gasteiger partial charge in [0.2, 0.25) is 5.82 Å². The first-order valence-corrected chi connectivity index (χ1v) is 11.3. The van der Waals surface area contributed by atoms with Crippen LogP contribution in [0.3, 0.4) is 0 Å². The maximum atomic E-state index is 12.6. The van der Waals surface area contributed by atoms with Crippen molar-refractivity contribution < 1.29 is 14.3 Å². The van der Waals surface area contributed by atoms with E-state index >= 15 is 0 Å². The van der Waals surface area contributed by atoms with Gasteiger partial charge in [0.25, 0.3) is 11.5 Å². The number of likely N-dealkylation sites (tertiary alicyclic amines) is 1. The molecule has 9 heteroatoms. The zero-order valence-electron chi connectivity index (χ0n) is 17.7. The number of carbonyl (C=O) groups is 2. The average molecular weight is 433 g/mol. The maximum Gasteiger partial charge on any atom is 0.410 e. The molecule has 0 radical (unpaired) electrons. The number of nitrogens with one attached hydrogen (secondary N) is 2. The van der Waals surface area contributed by atoms with E-state index in [1.807, 2.05) is 20.8 Å². The van der Waals surface area contributed by atoms with Crippen LogP contribution in [-0.4, -0.2) is 52.1 Å². The van der Waals surface area contributed by atoms with Gasteiger partial charge in [-0.3, -0.25) is 9.59 Å². The first-order valence-electron chi connectivity index (χ1n) is 10.5. The van der Waals surface area contributed by atoms with Crippen molar-refractivity contribution in [1.29, 1.82) is 0 Å². The van der Waals surface area contributed by atoms with Gasteiger partial charge >= 0.3 is 6.09 Å². The quantitative estimate of drug-likeness (QED) is 0.776. The summed E-state index contributed by atoms with van der Waals surface area (Å²) in [6, 6.07) is 0. The third-order valence-corrected chi connectivity index (χ3v) is 6.79. The van der Waals surface area contributed by atoms with Crippen molar-refractivity contribution in [2.24, 2.45) is 5.92 Å². The molecule has 2 aromatic rings. The topological polar surface area (TPSA) is 104 Å². The Kier molecular flexibility index (Phi) is 5.57. The van der Waals surface area contributed by atoms with Crippen LogP contribution in [0.15, 0.2) is 4.79 Å². The summed E-state index contributed by atoms with van der Waals surface area (Å²) in [6.07, 6.45) is 4.27. The molecule has 2 aromatic heterocycles. The first-order chi connectivity index (χ1) is 14.2. The molecule has 0 aromatic carbocycles. The minimum absolute atomic E-state index is 0.0682. The molecular weight excluding hydrogens is 404 g/mol. The molecule has 1 aliphatic carbocycles. The van der Waals surface area contributed by atoms with Crippen molar-refractivity contribution in [2.75, 3.05) is 19.6 Å². The lowest BCUT2D eigenvalue weighted by Crippen LogP contribution is -2.43. The van der Waals surface area contributed by atoms with Gasteiger partial charge in [-0.2, -0.15) is 0 Å². The molecule has 0 spiro atoms. The van der Waals surface area contributed by atoms with Crippen LogP contribution >= 0.6 is 11.3 Å². The van der Waals surface area contributed by atoms with Crippen LogP contribution in [0.25, 0.3) is 10.2 Å². The number of piperidine rings is 1. The minimum Gasteiger partial charge on any atom is -0.444 e. The number of fused-ring (bicyclic) bond motifs is 3. The summed E-state index contributed by atoms with van der Waals surface area (Å²) < 4.78 is 5.41. The van der Waals surface area contributed by atoms with Crippen LogP contribution in [0, 0.1) is 5.92 Å². The standard InChI is InChI=1S/C21H28N4O4S/c1-21(2,3)29-20(28)25-9-7-12(8-10-25)11-22-18(27)16-23-17(26)15-13-5-4-6-14(13)30-19(15)24-16/h12H,4-11H2,1-3H3,(H,22,27)(H,23,24,26). The zero-order valence-corrected chi connectivity index (χ0v) is 18.5. The molecule has 162 valence electrons. The van der Waals surface area contributed by atoms with Crippen LogP contribution in [0.2, 0.25) is 0 Å². The number of aromatic nitrogens is 2. The summed E-state index contributed by atoms with van der Waals surface area (Å²) in [6.45, 7) is 7.27. The fourth-order valence-corrected chi connectivity index (χ4v) is 5.34. The van der Waals surface area contributed by atoms with Gasteiger partial charge in [-0.25, -0.2) is 9.78 Å². The lowest BCUT2D eigenvalue weighted by Gasteiger charge is -2.33. The third-order valence-electron chi connectivity index (χ3n) is 5.61. The zero-order chi connectivity index (χ0) is 21.5. The van der Waals surface area contributed by atoms with Crippen molar-refractivity contribution in [3.63, 3.8) is 0 Å². The summed E-state index contributed by atoms with van der Waals surface area (Å²) in [7, 11) is 0. The van der Waals surface area contributed by atoms with Crippen molar-refractivity contribution in [2.45, 2.75) is 58.5 Å². The molecule has 30 heavy (non-hydrogen) atoms. The van der Waals surface area contributed by atoms with Crippen LogP contribution < -0.4 is 10.9 Å². The molecule has 0 bridgehead atoms. The number of aromatic amines is 1. The molecule has 0 unspecified atom stereocenters. The van der Waals surface area contributed by atoms with Gasteiger partial charge in [0.05, 0.1) is 5.39 Å². The predicted molar refractivity (Wildman–Crippen MR) is 115 cm³/mol. The van der Waals surface area contributed by atoms with Crippen LogP contribution in [0.5, 0.6) is 0 Å². The van der Waals surface area contributed by atoms with Gasteiger partial charge in [0.1, 0.15) is 10.4 Å². The van der Waals surface area contributed by atoms with E-state index in [-0.39, 0.29) is 29.3 Å². The highest BCUT2D eigenvalue weighted by Crippen LogP contribution is 2.34. The van der Waals surface area contributed by atoms with Crippen molar-refractivity contribution >= 4 is 33.6 Å². The largest absolute Gasteiger partial charge is 0.444 e. The molecule has 3 heterocycles. The summed E-state index contributed by atoms with van der Waals surface area (Å²) in [5.41, 5.74) is 0.373. The molecule has 2 aliphatic rings. The number of carbonyl (C=O) groups excluding carboxylic acids is 2. The smallest absolute Gasteiger partial charge is 0.410 e. The third kappa shape index (κ3) is 4.35. The second-order valence-corrected chi connectivity index (χ2v) is 10.2. The van der Waals surface area contributed by atoms with Gasteiger partial charge in [-0.15, -0.1) is 11.3 Å². The number of hydrogen-bond acceptors (Lipinski definition) is 6. The Bertz CT molecular complexity index is 1030. The van der Waals surface area contributed by atoms with Crippen LogP contribution in [-0.2, 0) is 17.6 Å². The van der Waals surface area contributed by atoms with E-state index in [9.17, 15) is 14.4 Å². The van der Waals surface area contributed by atoms with Gasteiger partial charge in [0, 0.05) is 24.5 Å². The van der Waals surface area contributed by atoms with Gasteiger partial charge < -0.3 is 19.9 Å². The minimum atomic E-state index is -0.504. The molecule has 1 saturated heterocycles. The predicted octanol–water partition coefficient (Wildman–Crippen LogP) is 2.85.